The van der Waals surface area contributed by atoms with Crippen LogP contribution in [0.2, 0.25) is 5.02 Å². The molecule has 2 aromatic rings. The van der Waals surface area contributed by atoms with Crippen molar-refractivity contribution in [3.8, 4) is 0 Å². The van der Waals surface area contributed by atoms with Crippen molar-refractivity contribution in [3.63, 3.8) is 0 Å². The van der Waals surface area contributed by atoms with Crippen LogP contribution in [-0.4, -0.2) is 6.54 Å². The number of nitrogens with zero attached hydrogens (tertiary/aromatic N) is 2. The summed E-state index contributed by atoms with van der Waals surface area (Å²) in [6, 6.07) is 16.3. The molecule has 2 heterocycles. The Hall–Kier alpha value is -2.06. The van der Waals surface area contributed by atoms with E-state index in [-0.39, 0.29) is 0 Å². The number of allylic oxidation sites excluding steroid dienone is 1. The average Bonchev–Trinajstić information content (AvgIpc) is 2.85. The minimum absolute atomic E-state index is 0.767. The largest absolute Gasteiger partial charge is 0.345 e. The van der Waals surface area contributed by atoms with Crippen LogP contribution < -0.4 is 15.5 Å². The van der Waals surface area contributed by atoms with Gasteiger partial charge in [-0.15, -0.1) is 0 Å². The first-order valence-corrected chi connectivity index (χ1v) is 7.10. The number of halogens is 1. The molecule has 0 spiro atoms. The van der Waals surface area contributed by atoms with Crippen LogP contribution in [0.5, 0.6) is 0 Å². The van der Waals surface area contributed by atoms with Gasteiger partial charge in [-0.25, -0.2) is 4.99 Å². The molecule has 0 unspecified atom stereocenters. The number of benzene rings is 2. The highest BCUT2D eigenvalue weighted by Gasteiger charge is 2.20. The van der Waals surface area contributed by atoms with Crippen molar-refractivity contribution < 1.29 is 0 Å². The summed E-state index contributed by atoms with van der Waals surface area (Å²) in [7, 11) is 0. The van der Waals surface area contributed by atoms with Crippen molar-refractivity contribution in [1.82, 2.24) is 0 Å². The topological polar surface area (TPSA) is 15.6 Å². The van der Waals surface area contributed by atoms with Crippen molar-refractivity contribution >= 4 is 22.9 Å². The lowest BCUT2D eigenvalue weighted by atomic mass is 10.0. The summed E-state index contributed by atoms with van der Waals surface area (Å²) in [5.41, 5.74) is 3.62. The van der Waals surface area contributed by atoms with Crippen molar-refractivity contribution in [2.75, 3.05) is 11.4 Å². The molecule has 0 saturated heterocycles. The molecule has 2 nitrogen and oxygen atoms in total. The predicted octanol–water partition coefficient (Wildman–Crippen LogP) is 2.88. The maximum atomic E-state index is 5.94. The number of anilines is 1. The first-order valence-electron chi connectivity index (χ1n) is 6.73. The molecule has 0 saturated carbocycles. The highest BCUT2D eigenvalue weighted by Crippen LogP contribution is 2.28. The van der Waals surface area contributed by atoms with Gasteiger partial charge in [0, 0.05) is 28.7 Å². The fraction of sp³-hybridized carbons (Fsp3) is 0.118. The third-order valence-corrected chi connectivity index (χ3v) is 4.07. The van der Waals surface area contributed by atoms with Gasteiger partial charge in [0.05, 0.1) is 11.1 Å². The summed E-state index contributed by atoms with van der Waals surface area (Å²) in [4.78, 5) is 6.96. The second kappa shape index (κ2) is 4.50. The Morgan fingerprint density at radius 2 is 1.80 bits per heavy atom. The van der Waals surface area contributed by atoms with Crippen molar-refractivity contribution in [2.24, 2.45) is 4.99 Å². The van der Waals surface area contributed by atoms with Gasteiger partial charge in [0.1, 0.15) is 0 Å². The van der Waals surface area contributed by atoms with E-state index in [2.05, 4.69) is 29.3 Å². The Morgan fingerprint density at radius 1 is 1.00 bits per heavy atom. The van der Waals surface area contributed by atoms with Crippen LogP contribution in [0.3, 0.4) is 0 Å². The summed E-state index contributed by atoms with van der Waals surface area (Å²) in [6.45, 7) is 0.977. The van der Waals surface area contributed by atoms with E-state index in [1.807, 2.05) is 30.3 Å². The van der Waals surface area contributed by atoms with E-state index in [1.165, 1.54) is 10.8 Å². The van der Waals surface area contributed by atoms with Gasteiger partial charge < -0.3 is 4.90 Å². The number of hydrogen-bond donors (Lipinski definition) is 0. The number of fused-ring (bicyclic) bond motifs is 2. The summed E-state index contributed by atoms with van der Waals surface area (Å²) in [5, 5.41) is 3.14. The van der Waals surface area contributed by atoms with Crippen molar-refractivity contribution in [2.45, 2.75) is 6.42 Å². The van der Waals surface area contributed by atoms with Crippen LogP contribution in [0, 0.1) is 0 Å². The molecule has 3 heteroatoms. The van der Waals surface area contributed by atoms with Crippen molar-refractivity contribution in [3.05, 3.63) is 76.0 Å². The minimum atomic E-state index is 0.767. The summed E-state index contributed by atoms with van der Waals surface area (Å²) in [5.74, 6) is 0. The Bertz CT molecular complexity index is 819. The quantitative estimate of drug-likeness (QED) is 0.784. The van der Waals surface area contributed by atoms with Gasteiger partial charge in [-0.1, -0.05) is 29.8 Å². The molecule has 20 heavy (non-hydrogen) atoms. The SMILES string of the molecule is Clc1ccc(N2C=C3N=c4ccccc4=C3CC2)cc1. The van der Waals surface area contributed by atoms with Gasteiger partial charge in [-0.3, -0.25) is 0 Å². The Morgan fingerprint density at radius 3 is 2.65 bits per heavy atom. The number of hydrogen-bond acceptors (Lipinski definition) is 2. The zero-order chi connectivity index (χ0) is 13.5. The van der Waals surface area contributed by atoms with E-state index in [9.17, 15) is 0 Å². The second-order valence-electron chi connectivity index (χ2n) is 5.04. The normalized spacial score (nSPS) is 16.4. The van der Waals surface area contributed by atoms with Crippen LogP contribution >= 0.6 is 11.6 Å². The molecular formula is C17H13ClN2. The predicted molar refractivity (Wildman–Crippen MR) is 82.1 cm³/mol. The lowest BCUT2D eigenvalue weighted by molar-refractivity contribution is 0.906. The van der Waals surface area contributed by atoms with Gasteiger partial charge >= 0.3 is 0 Å². The first kappa shape index (κ1) is 11.7. The zero-order valence-corrected chi connectivity index (χ0v) is 11.6. The average molecular weight is 281 g/mol. The molecule has 0 N–H and O–H groups in total. The van der Waals surface area contributed by atoms with E-state index in [4.69, 9.17) is 16.6 Å². The minimum Gasteiger partial charge on any atom is -0.345 e. The zero-order valence-electron chi connectivity index (χ0n) is 10.9. The molecule has 0 aliphatic carbocycles. The molecule has 2 aliphatic heterocycles. The molecule has 0 atom stereocenters. The smallest absolute Gasteiger partial charge is 0.0838 e. The molecular weight excluding hydrogens is 268 g/mol. The molecule has 98 valence electrons. The number of rotatable bonds is 1. The molecule has 2 aromatic carbocycles. The van der Waals surface area contributed by atoms with E-state index >= 15 is 0 Å². The highest BCUT2D eigenvalue weighted by molar-refractivity contribution is 6.30. The summed E-state index contributed by atoms with van der Waals surface area (Å²) < 4.78 is 0. The van der Waals surface area contributed by atoms with Crippen LogP contribution in [-0.2, 0) is 0 Å². The molecule has 0 bridgehead atoms. The molecule has 0 aromatic heterocycles. The molecule has 0 radical (unpaired) electrons. The number of para-hydroxylation sites is 1. The van der Waals surface area contributed by atoms with Gasteiger partial charge in [-0.2, -0.15) is 0 Å². The standard InChI is InChI=1S/C17H13ClN2/c18-12-5-7-13(8-6-12)20-10-9-15-14-3-1-2-4-16(14)19-17(15)11-20/h1-8,11H,9-10H2. The Kier molecular flexibility index (Phi) is 2.64. The van der Waals surface area contributed by atoms with E-state index in [1.54, 1.807) is 0 Å². The van der Waals surface area contributed by atoms with Gasteiger partial charge in [0.25, 0.3) is 0 Å². The monoisotopic (exact) mass is 280 g/mol. The van der Waals surface area contributed by atoms with E-state index in [0.29, 0.717) is 0 Å². The fourth-order valence-electron chi connectivity index (χ4n) is 2.81. The van der Waals surface area contributed by atoms with Crippen LogP contribution in [0.4, 0.5) is 5.69 Å². The highest BCUT2D eigenvalue weighted by atomic mass is 35.5. The third kappa shape index (κ3) is 1.84. The summed E-state index contributed by atoms with van der Waals surface area (Å²) >= 11 is 5.94. The van der Waals surface area contributed by atoms with Crippen LogP contribution in [0.15, 0.2) is 65.4 Å². The van der Waals surface area contributed by atoms with Crippen LogP contribution in [0.1, 0.15) is 6.42 Å². The second-order valence-corrected chi connectivity index (χ2v) is 5.48. The Balaban J connectivity index is 1.79. The van der Waals surface area contributed by atoms with Gasteiger partial charge in [0.15, 0.2) is 0 Å². The lowest BCUT2D eigenvalue weighted by Crippen LogP contribution is -2.26. The van der Waals surface area contributed by atoms with Gasteiger partial charge in [-0.05, 0) is 42.3 Å². The van der Waals surface area contributed by atoms with Crippen LogP contribution in [0.25, 0.3) is 5.57 Å². The van der Waals surface area contributed by atoms with E-state index < -0.39 is 0 Å². The first-order chi connectivity index (χ1) is 9.81. The van der Waals surface area contributed by atoms with Gasteiger partial charge in [0.2, 0.25) is 0 Å². The van der Waals surface area contributed by atoms with Crippen molar-refractivity contribution in [1.29, 1.82) is 0 Å². The maximum Gasteiger partial charge on any atom is 0.0838 e. The molecule has 0 amide bonds. The van der Waals surface area contributed by atoms with E-state index in [0.717, 1.165) is 34.7 Å². The third-order valence-electron chi connectivity index (χ3n) is 3.82. The molecule has 2 aliphatic rings. The maximum absolute atomic E-state index is 5.94. The Labute approximate surface area is 122 Å². The molecule has 4 rings (SSSR count). The summed E-state index contributed by atoms with van der Waals surface area (Å²) in [6.07, 6.45) is 3.16. The lowest BCUT2D eigenvalue weighted by Gasteiger charge is -2.26. The fourth-order valence-corrected chi connectivity index (χ4v) is 2.94. The molecule has 0 fully saturated rings.